The second kappa shape index (κ2) is 5.05. The smallest absolute Gasteiger partial charge is 0.343 e. The minimum absolute atomic E-state index is 0.121. The van der Waals surface area contributed by atoms with Crippen LogP contribution in [0, 0.1) is 10.1 Å². The van der Waals surface area contributed by atoms with Crippen molar-refractivity contribution >= 4 is 11.7 Å². The number of nitro groups is 1. The Morgan fingerprint density at radius 1 is 1.22 bits per heavy atom. The lowest BCUT2D eigenvalue weighted by atomic mass is 10.2. The van der Waals surface area contributed by atoms with Gasteiger partial charge in [0.25, 0.3) is 0 Å². The lowest BCUT2D eigenvalue weighted by Gasteiger charge is -2.03. The Bertz CT molecular complexity index is 584. The number of pyridine rings is 1. The molecule has 0 aliphatic rings. The first-order valence-corrected chi connectivity index (χ1v) is 5.04. The lowest BCUT2D eigenvalue weighted by molar-refractivity contribution is -0.385. The van der Waals surface area contributed by atoms with Crippen LogP contribution >= 0.6 is 0 Å². The van der Waals surface area contributed by atoms with E-state index in [4.69, 9.17) is 4.74 Å². The highest BCUT2D eigenvalue weighted by atomic mass is 16.6. The van der Waals surface area contributed by atoms with Gasteiger partial charge in [0.2, 0.25) is 5.75 Å². The summed E-state index contributed by atoms with van der Waals surface area (Å²) in [6.07, 6.45) is 2.36. The minimum Gasteiger partial charge on any atom is -0.415 e. The van der Waals surface area contributed by atoms with Crippen molar-refractivity contribution in [3.8, 4) is 5.75 Å². The third-order valence-corrected chi connectivity index (χ3v) is 2.17. The van der Waals surface area contributed by atoms with Crippen LogP contribution in [0.2, 0.25) is 0 Å². The second-order valence-corrected chi connectivity index (χ2v) is 3.36. The zero-order valence-corrected chi connectivity index (χ0v) is 9.15. The van der Waals surface area contributed by atoms with Crippen molar-refractivity contribution in [3.63, 3.8) is 0 Å². The number of esters is 1. The van der Waals surface area contributed by atoms with Crippen molar-refractivity contribution in [2.45, 2.75) is 0 Å². The molecule has 0 spiro atoms. The van der Waals surface area contributed by atoms with E-state index in [9.17, 15) is 14.9 Å². The quantitative estimate of drug-likeness (QED) is 0.469. The van der Waals surface area contributed by atoms with Crippen molar-refractivity contribution in [2.24, 2.45) is 0 Å². The first-order valence-electron chi connectivity index (χ1n) is 5.04. The Hall–Kier alpha value is -2.76. The van der Waals surface area contributed by atoms with Gasteiger partial charge >= 0.3 is 11.7 Å². The molecule has 6 heteroatoms. The fourth-order valence-electron chi connectivity index (χ4n) is 1.33. The highest BCUT2D eigenvalue weighted by Crippen LogP contribution is 2.25. The largest absolute Gasteiger partial charge is 0.415 e. The normalized spacial score (nSPS) is 9.78. The van der Waals surface area contributed by atoms with Gasteiger partial charge in [0.15, 0.2) is 0 Å². The summed E-state index contributed by atoms with van der Waals surface area (Å²) in [6, 6.07) is 9.52. The number of aromatic nitrogens is 1. The van der Waals surface area contributed by atoms with Crippen LogP contribution in [0.5, 0.6) is 5.75 Å². The number of nitrogens with zero attached hydrogens (tertiary/aromatic N) is 2. The average molecular weight is 244 g/mol. The molecule has 1 aromatic carbocycles. The maximum Gasteiger partial charge on any atom is 0.343 e. The molecule has 2 rings (SSSR count). The molecule has 0 aliphatic heterocycles. The monoisotopic (exact) mass is 244 g/mol. The summed E-state index contributed by atoms with van der Waals surface area (Å²) in [4.78, 5) is 25.4. The van der Waals surface area contributed by atoms with E-state index in [2.05, 4.69) is 4.98 Å². The molecule has 6 nitrogen and oxygen atoms in total. The summed E-state index contributed by atoms with van der Waals surface area (Å²) in [6.45, 7) is 0. The standard InChI is InChI=1S/C12H8N2O4/c15-12(9-4-2-1-3-5-9)18-11-6-7-13-8-10(11)14(16)17/h1-8H. The number of benzene rings is 1. The predicted octanol–water partition coefficient (Wildman–Crippen LogP) is 2.21. The van der Waals surface area contributed by atoms with E-state index in [1.165, 1.54) is 12.3 Å². The first-order chi connectivity index (χ1) is 8.68. The Balaban J connectivity index is 2.25. The SMILES string of the molecule is O=C(Oc1ccncc1[N+](=O)[O-])c1ccccc1. The Morgan fingerprint density at radius 2 is 1.94 bits per heavy atom. The fourth-order valence-corrected chi connectivity index (χ4v) is 1.33. The van der Waals surface area contributed by atoms with Gasteiger partial charge in [-0.3, -0.25) is 15.1 Å². The fraction of sp³-hybridized carbons (Fsp3) is 0. The van der Waals surface area contributed by atoms with Crippen LogP contribution in [0.1, 0.15) is 10.4 Å². The number of hydrogen-bond acceptors (Lipinski definition) is 5. The van der Waals surface area contributed by atoms with Crippen molar-refractivity contribution in [2.75, 3.05) is 0 Å². The zero-order valence-electron chi connectivity index (χ0n) is 9.15. The third kappa shape index (κ3) is 2.49. The van der Waals surface area contributed by atoms with E-state index < -0.39 is 10.9 Å². The molecule has 0 radical (unpaired) electrons. The van der Waals surface area contributed by atoms with Crippen molar-refractivity contribution in [1.29, 1.82) is 0 Å². The molecule has 0 amide bonds. The molecule has 0 atom stereocenters. The molecular formula is C12H8N2O4. The molecule has 0 N–H and O–H groups in total. The van der Waals surface area contributed by atoms with Crippen LogP contribution < -0.4 is 4.74 Å². The van der Waals surface area contributed by atoms with Gasteiger partial charge in [-0.15, -0.1) is 0 Å². The predicted molar refractivity (Wildman–Crippen MR) is 62.3 cm³/mol. The van der Waals surface area contributed by atoms with Gasteiger partial charge in [0.05, 0.1) is 10.5 Å². The summed E-state index contributed by atoms with van der Waals surface area (Å²) in [5.41, 5.74) is -0.0228. The van der Waals surface area contributed by atoms with Crippen LogP contribution in [0.15, 0.2) is 48.8 Å². The number of rotatable bonds is 3. The van der Waals surface area contributed by atoms with E-state index in [0.29, 0.717) is 5.56 Å². The van der Waals surface area contributed by atoms with Crippen molar-refractivity contribution < 1.29 is 14.5 Å². The Morgan fingerprint density at radius 3 is 2.61 bits per heavy atom. The van der Waals surface area contributed by atoms with E-state index in [1.807, 2.05) is 0 Å². The molecule has 0 aliphatic carbocycles. The molecule has 0 fully saturated rings. The van der Waals surface area contributed by atoms with E-state index in [-0.39, 0.29) is 11.4 Å². The first kappa shape index (κ1) is 11.7. The van der Waals surface area contributed by atoms with E-state index >= 15 is 0 Å². The number of hydrogen-bond donors (Lipinski definition) is 0. The number of carbonyl (C=O) groups excluding carboxylic acids is 1. The molecular weight excluding hydrogens is 236 g/mol. The average Bonchev–Trinajstić information content (AvgIpc) is 2.40. The number of carbonyl (C=O) groups is 1. The molecule has 2 aromatic rings. The topological polar surface area (TPSA) is 82.3 Å². The molecule has 18 heavy (non-hydrogen) atoms. The lowest BCUT2D eigenvalue weighted by Crippen LogP contribution is -2.09. The highest BCUT2D eigenvalue weighted by Gasteiger charge is 2.18. The second-order valence-electron chi connectivity index (χ2n) is 3.36. The zero-order chi connectivity index (χ0) is 13.0. The summed E-state index contributed by atoms with van der Waals surface area (Å²) < 4.78 is 4.97. The summed E-state index contributed by atoms with van der Waals surface area (Å²) in [5, 5.41) is 10.7. The van der Waals surface area contributed by atoms with Crippen LogP contribution in [0.25, 0.3) is 0 Å². The summed E-state index contributed by atoms with van der Waals surface area (Å²) in [5.74, 6) is -0.770. The molecule has 0 unspecified atom stereocenters. The van der Waals surface area contributed by atoms with Crippen LogP contribution in [0.4, 0.5) is 5.69 Å². The molecule has 0 saturated heterocycles. The van der Waals surface area contributed by atoms with Gasteiger partial charge in [-0.05, 0) is 12.1 Å². The molecule has 90 valence electrons. The van der Waals surface area contributed by atoms with Gasteiger partial charge in [0.1, 0.15) is 6.20 Å². The summed E-state index contributed by atoms with van der Waals surface area (Å²) in [7, 11) is 0. The molecule has 0 bridgehead atoms. The van der Waals surface area contributed by atoms with Gasteiger partial charge in [-0.1, -0.05) is 18.2 Å². The van der Waals surface area contributed by atoms with Gasteiger partial charge in [-0.2, -0.15) is 0 Å². The van der Waals surface area contributed by atoms with E-state index in [1.54, 1.807) is 30.3 Å². The number of ether oxygens (including phenoxy) is 1. The third-order valence-electron chi connectivity index (χ3n) is 2.17. The molecule has 0 saturated carbocycles. The highest BCUT2D eigenvalue weighted by molar-refractivity contribution is 5.91. The molecule has 1 heterocycles. The van der Waals surface area contributed by atoms with Crippen LogP contribution in [-0.4, -0.2) is 15.9 Å². The Kier molecular flexibility index (Phi) is 3.29. The van der Waals surface area contributed by atoms with Gasteiger partial charge in [0, 0.05) is 12.3 Å². The van der Waals surface area contributed by atoms with Crippen molar-refractivity contribution in [1.82, 2.24) is 4.98 Å². The minimum atomic E-state index is -0.652. The maximum atomic E-state index is 11.7. The van der Waals surface area contributed by atoms with E-state index in [0.717, 1.165) is 6.20 Å². The Labute approximate surface area is 102 Å². The van der Waals surface area contributed by atoms with Gasteiger partial charge < -0.3 is 4.74 Å². The van der Waals surface area contributed by atoms with Crippen LogP contribution in [0.3, 0.4) is 0 Å². The molecule has 1 aromatic heterocycles. The maximum absolute atomic E-state index is 11.7. The van der Waals surface area contributed by atoms with Gasteiger partial charge in [-0.25, -0.2) is 4.79 Å². The summed E-state index contributed by atoms with van der Waals surface area (Å²) >= 11 is 0. The van der Waals surface area contributed by atoms with Crippen LogP contribution in [-0.2, 0) is 0 Å². The van der Waals surface area contributed by atoms with Crippen molar-refractivity contribution in [3.05, 3.63) is 64.5 Å².